The van der Waals surface area contributed by atoms with Crippen molar-refractivity contribution in [1.29, 1.82) is 0 Å². The fourth-order valence-electron chi connectivity index (χ4n) is 8.51. The molecule has 9 atom stereocenters. The maximum atomic E-state index is 10.5. The molecule has 0 aromatic heterocycles. The molecule has 3 N–H and O–H groups in total. The first-order chi connectivity index (χ1) is 14.2. The molecule has 0 radical (unpaired) electrons. The molecule has 0 bridgehead atoms. The molecule has 4 rings (SSSR count). The number of hydrogen-bond acceptors (Lipinski definition) is 3. The van der Waals surface area contributed by atoms with Crippen LogP contribution in [0.2, 0.25) is 0 Å². The second-order valence-corrected chi connectivity index (χ2v) is 11.8. The van der Waals surface area contributed by atoms with Gasteiger partial charge in [-0.3, -0.25) is 0 Å². The number of rotatable bonds is 5. The molecule has 7 unspecified atom stereocenters. The van der Waals surface area contributed by atoms with Crippen LogP contribution in [0.1, 0.15) is 85.5 Å². The van der Waals surface area contributed by atoms with Crippen molar-refractivity contribution >= 4 is 0 Å². The molecular formula is C27H44O3. The summed E-state index contributed by atoms with van der Waals surface area (Å²) in [6, 6.07) is 0. The highest BCUT2D eigenvalue weighted by atomic mass is 16.3. The van der Waals surface area contributed by atoms with Gasteiger partial charge in [-0.1, -0.05) is 37.1 Å². The molecular weight excluding hydrogens is 372 g/mol. The van der Waals surface area contributed by atoms with E-state index >= 15 is 0 Å². The fraction of sp³-hybridized carbons (Fsp3) is 0.852. The molecule has 3 fully saturated rings. The SMILES string of the molecule is CC(C)=CCCC(CO)C1CCC2C3CC=C4C[C@H](O)[C@@H](O)CC4(C)C3CCC12C. The van der Waals surface area contributed by atoms with Gasteiger partial charge in [0.25, 0.3) is 0 Å². The molecule has 0 saturated heterocycles. The van der Waals surface area contributed by atoms with E-state index in [1.54, 1.807) is 0 Å². The summed E-state index contributed by atoms with van der Waals surface area (Å²) >= 11 is 0. The molecule has 0 amide bonds. The fourth-order valence-corrected chi connectivity index (χ4v) is 8.51. The zero-order valence-corrected chi connectivity index (χ0v) is 19.6. The lowest BCUT2D eigenvalue weighted by Gasteiger charge is -2.59. The van der Waals surface area contributed by atoms with Crippen molar-refractivity contribution < 1.29 is 15.3 Å². The van der Waals surface area contributed by atoms with Crippen LogP contribution in [-0.2, 0) is 0 Å². The molecule has 0 aromatic carbocycles. The van der Waals surface area contributed by atoms with Crippen LogP contribution in [0.15, 0.2) is 23.3 Å². The standard InChI is InChI=1S/C27H44O3/c1-17(2)6-5-7-18(16-28)21-10-11-22-20-9-8-19-14-24(29)25(30)15-27(19,4)23(20)12-13-26(21,22)3/h6,8,18,20-25,28-30H,5,7,9-16H2,1-4H3/t18?,20?,21?,22?,23?,24-,25-,26?,27?/m0/s1. The van der Waals surface area contributed by atoms with Crippen LogP contribution in [0.5, 0.6) is 0 Å². The highest BCUT2D eigenvalue weighted by Gasteiger charge is 2.60. The van der Waals surface area contributed by atoms with E-state index in [1.165, 1.54) is 36.8 Å². The zero-order chi connectivity index (χ0) is 21.7. The van der Waals surface area contributed by atoms with Crippen LogP contribution in [0.25, 0.3) is 0 Å². The van der Waals surface area contributed by atoms with E-state index in [-0.39, 0.29) is 5.41 Å². The summed E-state index contributed by atoms with van der Waals surface area (Å²) in [5.74, 6) is 3.12. The first kappa shape index (κ1) is 22.6. The minimum absolute atomic E-state index is 0.0564. The second kappa shape index (κ2) is 8.37. The van der Waals surface area contributed by atoms with Gasteiger partial charge in [0.15, 0.2) is 0 Å². The Morgan fingerprint density at radius 1 is 1.13 bits per heavy atom. The summed E-state index contributed by atoms with van der Waals surface area (Å²) in [5, 5.41) is 31.0. The predicted octanol–water partition coefficient (Wildman–Crippen LogP) is 5.25. The van der Waals surface area contributed by atoms with Gasteiger partial charge in [-0.25, -0.2) is 0 Å². The van der Waals surface area contributed by atoms with Crippen LogP contribution in [0.4, 0.5) is 0 Å². The van der Waals surface area contributed by atoms with Gasteiger partial charge in [-0.15, -0.1) is 0 Å². The Labute approximate surface area is 183 Å². The number of hydrogen-bond donors (Lipinski definition) is 3. The summed E-state index contributed by atoms with van der Waals surface area (Å²) in [7, 11) is 0. The summed E-state index contributed by atoms with van der Waals surface area (Å²) in [6.07, 6.45) is 13.4. The molecule has 0 aromatic rings. The van der Waals surface area contributed by atoms with Gasteiger partial charge in [0.1, 0.15) is 0 Å². The minimum Gasteiger partial charge on any atom is -0.396 e. The third-order valence-electron chi connectivity index (χ3n) is 10.1. The largest absolute Gasteiger partial charge is 0.396 e. The third kappa shape index (κ3) is 3.63. The monoisotopic (exact) mass is 416 g/mol. The maximum Gasteiger partial charge on any atom is 0.0836 e. The first-order valence-electron chi connectivity index (χ1n) is 12.5. The van der Waals surface area contributed by atoms with Crippen LogP contribution in [0, 0.1) is 40.4 Å². The second-order valence-electron chi connectivity index (χ2n) is 11.8. The Balaban J connectivity index is 1.54. The van der Waals surface area contributed by atoms with Crippen LogP contribution < -0.4 is 0 Å². The number of aliphatic hydroxyl groups is 3. The van der Waals surface area contributed by atoms with Gasteiger partial charge < -0.3 is 15.3 Å². The first-order valence-corrected chi connectivity index (χ1v) is 12.5. The Hall–Kier alpha value is -0.640. The van der Waals surface area contributed by atoms with Crippen LogP contribution >= 0.6 is 0 Å². The van der Waals surface area contributed by atoms with Crippen molar-refractivity contribution in [3.8, 4) is 0 Å². The lowest BCUT2D eigenvalue weighted by Crippen LogP contribution is -2.53. The van der Waals surface area contributed by atoms with Gasteiger partial charge in [0.05, 0.1) is 12.2 Å². The molecule has 3 heteroatoms. The quantitative estimate of drug-likeness (QED) is 0.536. The highest BCUT2D eigenvalue weighted by molar-refractivity contribution is 5.26. The molecule has 4 aliphatic carbocycles. The molecule has 4 aliphatic rings. The predicted molar refractivity (Wildman–Crippen MR) is 122 cm³/mol. The van der Waals surface area contributed by atoms with E-state index < -0.39 is 12.2 Å². The third-order valence-corrected chi connectivity index (χ3v) is 10.1. The molecule has 0 aliphatic heterocycles. The van der Waals surface area contributed by atoms with Gasteiger partial charge in [0.2, 0.25) is 0 Å². The van der Waals surface area contributed by atoms with Crippen molar-refractivity contribution in [1.82, 2.24) is 0 Å². The van der Waals surface area contributed by atoms with E-state index in [4.69, 9.17) is 0 Å². The van der Waals surface area contributed by atoms with Crippen LogP contribution in [-0.4, -0.2) is 34.1 Å². The Morgan fingerprint density at radius 2 is 1.90 bits per heavy atom. The minimum atomic E-state index is -0.586. The average molecular weight is 417 g/mol. The van der Waals surface area contributed by atoms with Crippen molar-refractivity contribution in [2.75, 3.05) is 6.61 Å². The highest BCUT2D eigenvalue weighted by Crippen LogP contribution is 2.67. The lowest BCUT2D eigenvalue weighted by molar-refractivity contribution is -0.0909. The molecule has 170 valence electrons. The number of fused-ring (bicyclic) bond motifs is 5. The molecule has 3 nitrogen and oxygen atoms in total. The van der Waals surface area contributed by atoms with Crippen molar-refractivity contribution in [3.63, 3.8) is 0 Å². The van der Waals surface area contributed by atoms with Gasteiger partial charge in [-0.2, -0.15) is 0 Å². The Morgan fingerprint density at radius 3 is 2.60 bits per heavy atom. The molecule has 0 heterocycles. The smallest absolute Gasteiger partial charge is 0.0836 e. The van der Waals surface area contributed by atoms with Crippen molar-refractivity contribution in [3.05, 3.63) is 23.3 Å². The Bertz CT molecular complexity index is 692. The van der Waals surface area contributed by atoms with Gasteiger partial charge in [-0.05, 0) is 112 Å². The van der Waals surface area contributed by atoms with Gasteiger partial charge in [0, 0.05) is 6.61 Å². The van der Waals surface area contributed by atoms with E-state index in [0.29, 0.717) is 42.1 Å². The summed E-state index contributed by atoms with van der Waals surface area (Å²) in [4.78, 5) is 0. The summed E-state index contributed by atoms with van der Waals surface area (Å²) in [5.41, 5.74) is 3.18. The normalized spacial score (nSPS) is 46.3. The van der Waals surface area contributed by atoms with Crippen molar-refractivity contribution in [2.24, 2.45) is 40.4 Å². The lowest BCUT2D eigenvalue weighted by atomic mass is 9.46. The average Bonchev–Trinajstić information content (AvgIpc) is 3.03. The van der Waals surface area contributed by atoms with E-state index in [1.807, 2.05) is 0 Å². The Kier molecular flexibility index (Phi) is 6.29. The van der Waals surface area contributed by atoms with Gasteiger partial charge >= 0.3 is 0 Å². The topological polar surface area (TPSA) is 60.7 Å². The zero-order valence-electron chi connectivity index (χ0n) is 19.6. The summed E-state index contributed by atoms with van der Waals surface area (Å²) in [6.45, 7) is 9.55. The number of allylic oxidation sites excluding steroid dienone is 3. The molecule has 30 heavy (non-hydrogen) atoms. The molecule has 0 spiro atoms. The maximum absolute atomic E-state index is 10.5. The van der Waals surface area contributed by atoms with E-state index in [2.05, 4.69) is 39.8 Å². The van der Waals surface area contributed by atoms with Crippen molar-refractivity contribution in [2.45, 2.75) is 97.7 Å². The number of aliphatic hydroxyl groups excluding tert-OH is 3. The van der Waals surface area contributed by atoms with E-state index in [0.717, 1.165) is 31.6 Å². The molecule has 3 saturated carbocycles. The summed E-state index contributed by atoms with van der Waals surface area (Å²) < 4.78 is 0. The van der Waals surface area contributed by atoms with Crippen LogP contribution in [0.3, 0.4) is 0 Å². The van der Waals surface area contributed by atoms with E-state index in [9.17, 15) is 15.3 Å².